The highest BCUT2D eigenvalue weighted by atomic mass is 79.9. The number of anilines is 3. The molecule has 1 saturated carbocycles. The molecule has 2 aromatic heterocycles. The number of rotatable bonds is 4. The minimum absolute atomic E-state index is 0. The van der Waals surface area contributed by atoms with Gasteiger partial charge in [0.25, 0.3) is 0 Å². The highest BCUT2D eigenvalue weighted by molar-refractivity contribution is 8.93. The quantitative estimate of drug-likeness (QED) is 0.512. The number of nitrogens with zero attached hydrogens (tertiary/aromatic N) is 4. The van der Waals surface area contributed by atoms with E-state index in [0.29, 0.717) is 15.9 Å². The highest BCUT2D eigenvalue weighted by Crippen LogP contribution is 2.51. The number of nitrogens with two attached hydrogens (primary N) is 3. The molecule has 0 amide bonds. The van der Waals surface area contributed by atoms with Crippen molar-refractivity contribution in [3.05, 3.63) is 35.1 Å². The van der Waals surface area contributed by atoms with Gasteiger partial charge in [-0.15, -0.1) is 17.0 Å². The molecule has 0 radical (unpaired) electrons. The molecule has 7 nitrogen and oxygen atoms in total. The van der Waals surface area contributed by atoms with Crippen LogP contribution in [0.3, 0.4) is 0 Å². The second-order valence-electron chi connectivity index (χ2n) is 8.54. The maximum Gasteiger partial charge on any atom is 0.158 e. The van der Waals surface area contributed by atoms with E-state index in [1.165, 1.54) is 30.2 Å². The van der Waals surface area contributed by atoms with Crippen LogP contribution in [0.4, 0.5) is 17.5 Å². The third kappa shape index (κ3) is 4.25. The molecular weight excluding hydrogens is 498 g/mol. The fourth-order valence-corrected chi connectivity index (χ4v) is 5.71. The van der Waals surface area contributed by atoms with Gasteiger partial charge in [0.15, 0.2) is 5.82 Å². The number of piperidine rings is 1. The number of allylic oxidation sites excluding steroid dienone is 1. The van der Waals surface area contributed by atoms with Gasteiger partial charge >= 0.3 is 0 Å². The van der Waals surface area contributed by atoms with Crippen LogP contribution in [0.25, 0.3) is 0 Å². The van der Waals surface area contributed by atoms with Crippen molar-refractivity contribution in [1.29, 1.82) is 0 Å². The van der Waals surface area contributed by atoms with Crippen molar-refractivity contribution in [2.24, 2.45) is 17.1 Å². The SMILES string of the molecule is Br.Nc1nc(N2CCC3(CC=C(C4CC4)[C@H]3N)CC2)cnc1Sc1ccnc(N)c1Cl. The van der Waals surface area contributed by atoms with E-state index in [1.807, 2.05) is 0 Å². The molecule has 1 spiro atoms. The van der Waals surface area contributed by atoms with E-state index >= 15 is 0 Å². The Balaban J connectivity index is 0.00000231. The van der Waals surface area contributed by atoms with Crippen molar-refractivity contribution < 1.29 is 0 Å². The summed E-state index contributed by atoms with van der Waals surface area (Å²) >= 11 is 7.58. The summed E-state index contributed by atoms with van der Waals surface area (Å²) in [7, 11) is 0. The summed E-state index contributed by atoms with van der Waals surface area (Å²) < 4.78 is 0. The molecule has 6 N–H and O–H groups in total. The van der Waals surface area contributed by atoms with E-state index in [1.54, 1.807) is 18.5 Å². The van der Waals surface area contributed by atoms with Gasteiger partial charge in [0.2, 0.25) is 0 Å². The third-order valence-corrected chi connectivity index (χ3v) is 8.31. The van der Waals surface area contributed by atoms with Gasteiger partial charge in [-0.2, -0.15) is 0 Å². The van der Waals surface area contributed by atoms with Crippen molar-refractivity contribution in [2.75, 3.05) is 29.5 Å². The zero-order valence-electron chi connectivity index (χ0n) is 17.1. The molecule has 2 aromatic rings. The predicted molar refractivity (Wildman–Crippen MR) is 132 cm³/mol. The normalized spacial score (nSPS) is 22.3. The van der Waals surface area contributed by atoms with Crippen LogP contribution in [0.15, 0.2) is 40.0 Å². The molecular formula is C21H27BrClN7S. The third-order valence-electron chi connectivity index (χ3n) is 6.73. The molecule has 5 rings (SSSR count). The van der Waals surface area contributed by atoms with Gasteiger partial charge in [-0.3, -0.25) is 0 Å². The maximum absolute atomic E-state index is 6.69. The zero-order valence-corrected chi connectivity index (χ0v) is 20.4. The number of pyridine rings is 1. The Morgan fingerprint density at radius 2 is 1.87 bits per heavy atom. The second kappa shape index (κ2) is 8.77. The van der Waals surface area contributed by atoms with Crippen LogP contribution < -0.4 is 22.1 Å². The van der Waals surface area contributed by atoms with E-state index in [9.17, 15) is 0 Å². The monoisotopic (exact) mass is 523 g/mol. The molecule has 0 unspecified atom stereocenters. The van der Waals surface area contributed by atoms with Crippen LogP contribution in [0.1, 0.15) is 32.1 Å². The molecule has 3 aliphatic rings. The first kappa shape index (κ1) is 22.6. The van der Waals surface area contributed by atoms with Gasteiger partial charge in [0.05, 0.1) is 11.2 Å². The number of hydrogen-bond acceptors (Lipinski definition) is 8. The van der Waals surface area contributed by atoms with Crippen LogP contribution in [0, 0.1) is 11.3 Å². The molecule has 10 heteroatoms. The predicted octanol–water partition coefficient (Wildman–Crippen LogP) is 4.07. The average molecular weight is 525 g/mol. The summed E-state index contributed by atoms with van der Waals surface area (Å²) in [5, 5.41) is 1.01. The lowest BCUT2D eigenvalue weighted by Gasteiger charge is -2.43. The van der Waals surface area contributed by atoms with Crippen LogP contribution in [0.2, 0.25) is 5.02 Å². The summed E-state index contributed by atoms with van der Waals surface area (Å²) in [6.07, 6.45) is 11.7. The minimum atomic E-state index is 0. The Morgan fingerprint density at radius 3 is 2.55 bits per heavy atom. The highest BCUT2D eigenvalue weighted by Gasteiger charge is 2.47. The van der Waals surface area contributed by atoms with Crippen LogP contribution in [-0.2, 0) is 0 Å². The van der Waals surface area contributed by atoms with Gasteiger partial charge in [0.1, 0.15) is 16.7 Å². The summed E-state index contributed by atoms with van der Waals surface area (Å²) in [6.45, 7) is 1.85. The molecule has 166 valence electrons. The molecule has 2 aliphatic carbocycles. The Labute approximate surface area is 202 Å². The lowest BCUT2D eigenvalue weighted by Crippen LogP contribution is -2.48. The topological polar surface area (TPSA) is 120 Å². The fraction of sp³-hybridized carbons (Fsp3) is 0.476. The van der Waals surface area contributed by atoms with Gasteiger partial charge in [-0.1, -0.05) is 35.0 Å². The van der Waals surface area contributed by atoms with E-state index in [0.717, 1.165) is 49.0 Å². The van der Waals surface area contributed by atoms with Crippen molar-refractivity contribution in [3.8, 4) is 0 Å². The molecule has 3 heterocycles. The summed E-state index contributed by atoms with van der Waals surface area (Å²) in [4.78, 5) is 16.2. The summed E-state index contributed by atoms with van der Waals surface area (Å²) in [5.41, 5.74) is 20.4. The first-order chi connectivity index (χ1) is 14.5. The smallest absolute Gasteiger partial charge is 0.158 e. The van der Waals surface area contributed by atoms with Gasteiger partial charge < -0.3 is 22.1 Å². The molecule has 1 saturated heterocycles. The lowest BCUT2D eigenvalue weighted by atomic mass is 9.72. The van der Waals surface area contributed by atoms with E-state index in [-0.39, 0.29) is 34.3 Å². The molecule has 31 heavy (non-hydrogen) atoms. The average Bonchev–Trinajstić information content (AvgIpc) is 3.54. The van der Waals surface area contributed by atoms with E-state index in [4.69, 9.17) is 28.8 Å². The van der Waals surface area contributed by atoms with Crippen LogP contribution >= 0.6 is 40.3 Å². The van der Waals surface area contributed by atoms with Gasteiger partial charge in [-0.05, 0) is 49.5 Å². The van der Waals surface area contributed by atoms with E-state index < -0.39 is 0 Å². The molecule has 1 aliphatic heterocycles. The number of halogens is 2. The van der Waals surface area contributed by atoms with E-state index in [2.05, 4.69) is 25.9 Å². The first-order valence-corrected chi connectivity index (χ1v) is 11.6. The standard InChI is InChI=1S/C21H26ClN7S.BrH/c22-16-14(4-8-26-18(16)24)30-20-19(25)28-15(11-27-20)29-9-6-21(7-10-29)5-3-13(17(21)23)12-1-2-12;/h3-4,8,11-12,17H,1-2,5-7,9-10,23H2,(H2,24,26)(H2,25,28);1H/t17-;/m1./s1. The van der Waals surface area contributed by atoms with Crippen molar-refractivity contribution in [2.45, 2.75) is 48.1 Å². The number of nitrogen functional groups attached to an aromatic ring is 2. The van der Waals surface area contributed by atoms with Crippen LogP contribution in [0.5, 0.6) is 0 Å². The molecule has 2 fully saturated rings. The Hall–Kier alpha value is -1.55. The first-order valence-electron chi connectivity index (χ1n) is 10.4. The van der Waals surface area contributed by atoms with Crippen LogP contribution in [-0.4, -0.2) is 34.1 Å². The summed E-state index contributed by atoms with van der Waals surface area (Å²) in [6, 6.07) is 2.01. The Bertz CT molecular complexity index is 1010. The minimum Gasteiger partial charge on any atom is -0.382 e. The largest absolute Gasteiger partial charge is 0.382 e. The molecule has 0 bridgehead atoms. The van der Waals surface area contributed by atoms with Crippen molar-refractivity contribution >= 4 is 57.8 Å². The summed E-state index contributed by atoms with van der Waals surface area (Å²) in [5.74, 6) is 2.25. The molecule has 1 atom stereocenters. The zero-order chi connectivity index (χ0) is 20.9. The lowest BCUT2D eigenvalue weighted by molar-refractivity contribution is 0.203. The fourth-order valence-electron chi connectivity index (χ4n) is 4.70. The number of aromatic nitrogens is 3. The van der Waals surface area contributed by atoms with Crippen molar-refractivity contribution in [3.63, 3.8) is 0 Å². The maximum atomic E-state index is 6.69. The Morgan fingerprint density at radius 1 is 1.13 bits per heavy atom. The van der Waals surface area contributed by atoms with Crippen molar-refractivity contribution in [1.82, 2.24) is 15.0 Å². The molecule has 0 aromatic carbocycles. The van der Waals surface area contributed by atoms with Gasteiger partial charge in [0, 0.05) is 30.2 Å². The Kier molecular flexibility index (Phi) is 6.40. The van der Waals surface area contributed by atoms with Gasteiger partial charge in [-0.25, -0.2) is 15.0 Å². The number of hydrogen-bond donors (Lipinski definition) is 3. The second-order valence-corrected chi connectivity index (χ2v) is 9.95.